The van der Waals surface area contributed by atoms with Gasteiger partial charge in [-0.3, -0.25) is 20.4 Å². The molecule has 0 fully saturated rings. The van der Waals surface area contributed by atoms with Crippen LogP contribution in [-0.4, -0.2) is 46.1 Å². The minimum Gasteiger partial charge on any atom is -0.490 e. The Morgan fingerprint density at radius 2 is 1.76 bits per heavy atom. The van der Waals surface area contributed by atoms with Gasteiger partial charge in [0.2, 0.25) is 10.0 Å². The first kappa shape index (κ1) is 25.3. The summed E-state index contributed by atoms with van der Waals surface area (Å²) in [7, 11) is -4.07. The van der Waals surface area contributed by atoms with Crippen molar-refractivity contribution in [1.82, 2.24) is 15.6 Å². The molecule has 10 nitrogen and oxygen atoms in total. The average Bonchev–Trinajstić information content (AvgIpc) is 3.04. The highest BCUT2D eigenvalue weighted by Crippen LogP contribution is 2.32. The number of fused-ring (bicyclic) bond motifs is 1. The van der Waals surface area contributed by atoms with E-state index in [9.17, 15) is 18.0 Å². The van der Waals surface area contributed by atoms with Crippen LogP contribution in [0, 0.1) is 12.8 Å². The van der Waals surface area contributed by atoms with Crippen LogP contribution in [0.4, 0.5) is 0 Å². The van der Waals surface area contributed by atoms with Gasteiger partial charge in [0.05, 0.1) is 18.1 Å². The number of carbonyl (C=O) groups is 2. The lowest BCUT2D eigenvalue weighted by Crippen LogP contribution is -2.54. The Morgan fingerprint density at radius 1 is 1.03 bits per heavy atom. The molecule has 11 heteroatoms. The zero-order valence-corrected chi connectivity index (χ0v) is 20.1. The normalized spacial score (nSPS) is 14.1. The molecule has 3 rings (SSSR count). The van der Waals surface area contributed by atoms with E-state index in [1.165, 1.54) is 18.2 Å². The molecule has 2 aromatic carbocycles. The quantitative estimate of drug-likeness (QED) is 0.479. The second-order valence-corrected chi connectivity index (χ2v) is 9.86. The topological polar surface area (TPSA) is 132 Å². The van der Waals surface area contributed by atoms with Crippen LogP contribution in [0.25, 0.3) is 0 Å². The van der Waals surface area contributed by atoms with Crippen molar-refractivity contribution in [2.45, 2.75) is 38.1 Å². The molecule has 1 heterocycles. The van der Waals surface area contributed by atoms with Crippen LogP contribution >= 0.6 is 0 Å². The van der Waals surface area contributed by atoms with E-state index in [-0.39, 0.29) is 11.5 Å². The largest absolute Gasteiger partial charge is 0.490 e. The van der Waals surface area contributed by atoms with Crippen LogP contribution in [0.1, 0.15) is 25.8 Å². The van der Waals surface area contributed by atoms with Crippen LogP contribution in [0.2, 0.25) is 0 Å². The Hall–Kier alpha value is -3.31. The number of amides is 2. The van der Waals surface area contributed by atoms with E-state index in [1.807, 2.05) is 13.0 Å². The maximum Gasteiger partial charge on any atom is 0.276 e. The summed E-state index contributed by atoms with van der Waals surface area (Å²) in [6.07, 6.45) is 0.687. The summed E-state index contributed by atoms with van der Waals surface area (Å²) in [6, 6.07) is 10.3. The Bertz CT molecular complexity index is 1140. The molecule has 0 saturated carbocycles. The average molecular weight is 492 g/mol. The van der Waals surface area contributed by atoms with Gasteiger partial charge >= 0.3 is 0 Å². The Balaban J connectivity index is 1.59. The SMILES string of the molecule is Cc1cccc(OCC(=O)NNC(=O)C(NS(=O)(=O)c2ccc3c(c2)OCCCO3)C(C)C)c1. The van der Waals surface area contributed by atoms with E-state index >= 15 is 0 Å². The number of benzene rings is 2. The van der Waals surface area contributed by atoms with Crippen LogP contribution in [0.3, 0.4) is 0 Å². The van der Waals surface area contributed by atoms with E-state index in [4.69, 9.17) is 14.2 Å². The molecule has 1 atom stereocenters. The minimum absolute atomic E-state index is 0.0641. The van der Waals surface area contributed by atoms with Crippen molar-refractivity contribution in [1.29, 1.82) is 0 Å². The second-order valence-electron chi connectivity index (χ2n) is 8.14. The van der Waals surface area contributed by atoms with E-state index in [1.54, 1.807) is 32.0 Å². The highest BCUT2D eigenvalue weighted by Gasteiger charge is 2.29. The molecule has 0 radical (unpaired) electrons. The van der Waals surface area contributed by atoms with Crippen molar-refractivity contribution >= 4 is 21.8 Å². The monoisotopic (exact) mass is 491 g/mol. The second kappa shape index (κ2) is 11.2. The number of carbonyl (C=O) groups excluding carboxylic acids is 2. The molecule has 0 spiro atoms. The third-order valence-electron chi connectivity index (χ3n) is 4.95. The number of sulfonamides is 1. The molecule has 1 unspecified atom stereocenters. The maximum atomic E-state index is 13.0. The highest BCUT2D eigenvalue weighted by molar-refractivity contribution is 7.89. The first-order valence-electron chi connectivity index (χ1n) is 10.9. The third-order valence-corrected chi connectivity index (χ3v) is 6.38. The predicted octanol–water partition coefficient (Wildman–Crippen LogP) is 1.69. The van der Waals surface area contributed by atoms with Crippen molar-refractivity contribution < 1.29 is 32.2 Å². The number of aryl methyl sites for hydroxylation is 1. The molecule has 0 saturated heterocycles. The molecular formula is C23H29N3O7S. The number of rotatable bonds is 8. The summed E-state index contributed by atoms with van der Waals surface area (Å²) < 4.78 is 44.8. The number of nitrogens with one attached hydrogen (secondary N) is 3. The number of hydrogen-bond donors (Lipinski definition) is 3. The zero-order chi connectivity index (χ0) is 24.7. The van der Waals surface area contributed by atoms with Gasteiger partial charge in [-0.15, -0.1) is 0 Å². The lowest BCUT2D eigenvalue weighted by molar-refractivity contribution is -0.131. The molecule has 2 aromatic rings. The van der Waals surface area contributed by atoms with Crippen LogP contribution in [0.5, 0.6) is 17.2 Å². The van der Waals surface area contributed by atoms with E-state index in [0.717, 1.165) is 5.56 Å². The van der Waals surface area contributed by atoms with Crippen molar-refractivity contribution in [2.75, 3.05) is 19.8 Å². The first-order chi connectivity index (χ1) is 16.2. The van der Waals surface area contributed by atoms with Gasteiger partial charge in [0.15, 0.2) is 18.1 Å². The van der Waals surface area contributed by atoms with E-state index in [2.05, 4.69) is 15.6 Å². The van der Waals surface area contributed by atoms with Gasteiger partial charge in [-0.1, -0.05) is 26.0 Å². The molecule has 0 aromatic heterocycles. The zero-order valence-electron chi connectivity index (χ0n) is 19.3. The summed E-state index contributed by atoms with van der Waals surface area (Å²) in [4.78, 5) is 24.6. The van der Waals surface area contributed by atoms with Gasteiger partial charge in [0, 0.05) is 12.5 Å². The smallest absolute Gasteiger partial charge is 0.276 e. The van der Waals surface area contributed by atoms with Crippen LogP contribution < -0.4 is 29.8 Å². The van der Waals surface area contributed by atoms with Gasteiger partial charge in [0.1, 0.15) is 11.8 Å². The van der Waals surface area contributed by atoms with Gasteiger partial charge in [-0.2, -0.15) is 4.72 Å². The van der Waals surface area contributed by atoms with Crippen LogP contribution in [0.15, 0.2) is 47.4 Å². The molecule has 1 aliphatic rings. The van der Waals surface area contributed by atoms with Crippen molar-refractivity contribution in [3.63, 3.8) is 0 Å². The maximum absolute atomic E-state index is 13.0. The molecule has 1 aliphatic heterocycles. The molecule has 0 bridgehead atoms. The lowest BCUT2D eigenvalue weighted by atomic mass is 10.1. The minimum atomic E-state index is -4.07. The van der Waals surface area contributed by atoms with Gasteiger partial charge < -0.3 is 14.2 Å². The molecule has 0 aliphatic carbocycles. The van der Waals surface area contributed by atoms with Crippen LogP contribution in [-0.2, 0) is 19.6 Å². The summed E-state index contributed by atoms with van der Waals surface area (Å²) in [5, 5.41) is 0. The molecule has 2 amide bonds. The van der Waals surface area contributed by atoms with Gasteiger partial charge in [0.25, 0.3) is 11.8 Å². The number of hydrogen-bond acceptors (Lipinski definition) is 7. The summed E-state index contributed by atoms with van der Waals surface area (Å²) in [6.45, 7) is 5.83. The molecule has 34 heavy (non-hydrogen) atoms. The van der Waals surface area contributed by atoms with E-state index < -0.39 is 33.8 Å². The standard InChI is InChI=1S/C23H29N3O7S/c1-15(2)22(23(28)25-24-21(27)14-33-17-7-4-6-16(3)12-17)26-34(29,30)18-8-9-19-20(13-18)32-11-5-10-31-19/h4,6-9,12-13,15,22,26H,5,10-11,14H2,1-3H3,(H,24,27)(H,25,28). The first-order valence-corrected chi connectivity index (χ1v) is 12.3. The fraction of sp³-hybridized carbons (Fsp3) is 0.391. The van der Waals surface area contributed by atoms with Gasteiger partial charge in [-0.05, 0) is 42.7 Å². The molecular weight excluding hydrogens is 462 g/mol. The fourth-order valence-electron chi connectivity index (χ4n) is 3.14. The molecule has 184 valence electrons. The van der Waals surface area contributed by atoms with Crippen molar-refractivity contribution in [3.05, 3.63) is 48.0 Å². The predicted molar refractivity (Wildman–Crippen MR) is 124 cm³/mol. The summed E-state index contributed by atoms with van der Waals surface area (Å²) in [5.74, 6) is -0.406. The highest BCUT2D eigenvalue weighted by atomic mass is 32.2. The van der Waals surface area contributed by atoms with E-state index in [0.29, 0.717) is 36.9 Å². The number of ether oxygens (including phenoxy) is 3. The summed E-state index contributed by atoms with van der Waals surface area (Å²) >= 11 is 0. The van der Waals surface area contributed by atoms with Crippen molar-refractivity contribution in [2.24, 2.45) is 5.92 Å². The Kier molecular flexibility index (Phi) is 8.35. The van der Waals surface area contributed by atoms with Crippen molar-refractivity contribution in [3.8, 4) is 17.2 Å². The number of hydrazine groups is 1. The third kappa shape index (κ3) is 6.84. The molecule has 3 N–H and O–H groups in total. The summed E-state index contributed by atoms with van der Waals surface area (Å²) in [5.41, 5.74) is 5.47. The fourth-order valence-corrected chi connectivity index (χ4v) is 4.50. The Labute approximate surface area is 199 Å². The lowest BCUT2D eigenvalue weighted by Gasteiger charge is -2.22. The Morgan fingerprint density at radius 3 is 2.47 bits per heavy atom. The van der Waals surface area contributed by atoms with Gasteiger partial charge in [-0.25, -0.2) is 8.42 Å².